The third kappa shape index (κ3) is 2.91. The summed E-state index contributed by atoms with van der Waals surface area (Å²) in [5.41, 5.74) is 0.409. The van der Waals surface area contributed by atoms with E-state index in [-0.39, 0.29) is 26.9 Å². The molecule has 21 heavy (non-hydrogen) atoms. The minimum atomic E-state index is -3.98. The van der Waals surface area contributed by atoms with E-state index < -0.39 is 14.9 Å². The van der Waals surface area contributed by atoms with Crippen molar-refractivity contribution in [3.05, 3.63) is 39.1 Å². The number of aromatic amines is 1. The first-order valence-corrected chi connectivity index (χ1v) is 7.98. The Labute approximate surface area is 124 Å². The Morgan fingerprint density at radius 1 is 1.43 bits per heavy atom. The van der Waals surface area contributed by atoms with Crippen molar-refractivity contribution in [3.63, 3.8) is 0 Å². The summed E-state index contributed by atoms with van der Waals surface area (Å²) in [6.07, 6.45) is 0. The lowest BCUT2D eigenvalue weighted by Crippen LogP contribution is -2.14. The van der Waals surface area contributed by atoms with Crippen molar-refractivity contribution < 1.29 is 13.2 Å². The van der Waals surface area contributed by atoms with E-state index in [1.807, 2.05) is 6.07 Å². The number of para-hydroxylation sites is 1. The number of ether oxygens (including phenoxy) is 1. The first-order chi connectivity index (χ1) is 9.89. The molecule has 1 heterocycles. The first-order valence-electron chi connectivity index (χ1n) is 5.68. The van der Waals surface area contributed by atoms with Crippen LogP contribution in [0.25, 0.3) is 0 Å². The summed E-state index contributed by atoms with van der Waals surface area (Å²) in [7, 11) is -2.61. The highest BCUT2D eigenvalue weighted by atomic mass is 32.2. The van der Waals surface area contributed by atoms with Gasteiger partial charge in [-0.3, -0.25) is 9.52 Å². The largest absolute Gasteiger partial charge is 0.495 e. The molecule has 0 radical (unpaired) electrons. The second-order valence-electron chi connectivity index (χ2n) is 4.03. The number of sulfonamides is 1. The standard InChI is InChI=1S/C12H11N3O4S2/c1-7-11(20-12(16)14-7)21(17,18)15-10-8(6-13)4-3-5-9(10)19-2/h3-5,15H,1-2H3,(H,14,16). The number of nitrogens with one attached hydrogen (secondary N) is 2. The summed E-state index contributed by atoms with van der Waals surface area (Å²) in [4.78, 5) is 13.2. The first kappa shape index (κ1) is 15.1. The van der Waals surface area contributed by atoms with E-state index in [0.29, 0.717) is 11.3 Å². The number of nitrogens with zero attached hydrogens (tertiary/aromatic N) is 1. The zero-order chi connectivity index (χ0) is 15.6. The van der Waals surface area contributed by atoms with Crippen LogP contribution in [0.3, 0.4) is 0 Å². The summed E-state index contributed by atoms with van der Waals surface area (Å²) in [6, 6.07) is 6.47. The number of anilines is 1. The van der Waals surface area contributed by atoms with Gasteiger partial charge >= 0.3 is 4.87 Å². The molecule has 1 aromatic carbocycles. The molecule has 0 aliphatic carbocycles. The molecule has 110 valence electrons. The van der Waals surface area contributed by atoms with Crippen LogP contribution in [-0.2, 0) is 10.0 Å². The minimum Gasteiger partial charge on any atom is -0.495 e. The van der Waals surface area contributed by atoms with Gasteiger partial charge in [-0.2, -0.15) is 5.26 Å². The topological polar surface area (TPSA) is 112 Å². The van der Waals surface area contributed by atoms with Crippen LogP contribution < -0.4 is 14.3 Å². The number of rotatable bonds is 4. The lowest BCUT2D eigenvalue weighted by Gasteiger charge is -2.12. The lowest BCUT2D eigenvalue weighted by atomic mass is 10.2. The third-order valence-electron chi connectivity index (χ3n) is 2.63. The minimum absolute atomic E-state index is 0.0442. The smallest absolute Gasteiger partial charge is 0.306 e. The summed E-state index contributed by atoms with van der Waals surface area (Å²) in [5, 5.41) is 9.07. The number of aryl methyl sites for hydroxylation is 1. The van der Waals surface area contributed by atoms with E-state index in [0.717, 1.165) is 0 Å². The molecule has 2 N–H and O–H groups in total. The zero-order valence-corrected chi connectivity index (χ0v) is 12.8. The average Bonchev–Trinajstić information content (AvgIpc) is 2.78. The predicted octanol–water partition coefficient (Wildman–Crippen LogP) is 1.43. The number of thiazole rings is 1. The van der Waals surface area contributed by atoms with Crippen molar-refractivity contribution in [1.29, 1.82) is 5.26 Å². The quantitative estimate of drug-likeness (QED) is 0.883. The van der Waals surface area contributed by atoms with Gasteiger partial charge in [-0.1, -0.05) is 17.4 Å². The second kappa shape index (κ2) is 5.59. The van der Waals surface area contributed by atoms with Gasteiger partial charge < -0.3 is 9.72 Å². The van der Waals surface area contributed by atoms with Crippen molar-refractivity contribution >= 4 is 27.0 Å². The number of benzene rings is 1. The van der Waals surface area contributed by atoms with Crippen LogP contribution >= 0.6 is 11.3 Å². The van der Waals surface area contributed by atoms with E-state index >= 15 is 0 Å². The molecule has 0 bridgehead atoms. The molecule has 7 nitrogen and oxygen atoms in total. The maximum absolute atomic E-state index is 12.3. The average molecular weight is 325 g/mol. The fraction of sp³-hybridized carbons (Fsp3) is 0.167. The van der Waals surface area contributed by atoms with Gasteiger partial charge in [0.25, 0.3) is 10.0 Å². The molecular formula is C12H11N3O4S2. The number of hydrogen-bond donors (Lipinski definition) is 2. The maximum atomic E-state index is 12.3. The van der Waals surface area contributed by atoms with E-state index in [1.165, 1.54) is 26.2 Å². The molecular weight excluding hydrogens is 314 g/mol. The highest BCUT2D eigenvalue weighted by Crippen LogP contribution is 2.31. The van der Waals surface area contributed by atoms with Crippen LogP contribution in [0.1, 0.15) is 11.3 Å². The number of methoxy groups -OCH3 is 1. The van der Waals surface area contributed by atoms with Crippen LogP contribution in [-0.4, -0.2) is 20.5 Å². The van der Waals surface area contributed by atoms with Crippen LogP contribution in [0.15, 0.2) is 27.2 Å². The zero-order valence-electron chi connectivity index (χ0n) is 11.1. The van der Waals surface area contributed by atoms with Gasteiger partial charge in [-0.05, 0) is 19.1 Å². The molecule has 0 fully saturated rings. The van der Waals surface area contributed by atoms with Crippen LogP contribution in [0.5, 0.6) is 5.75 Å². The Bertz CT molecular complexity index is 875. The molecule has 0 saturated carbocycles. The van der Waals surface area contributed by atoms with E-state index in [4.69, 9.17) is 10.00 Å². The summed E-state index contributed by atoms with van der Waals surface area (Å²) in [5.74, 6) is 0.221. The monoisotopic (exact) mass is 325 g/mol. The predicted molar refractivity (Wildman–Crippen MR) is 78.2 cm³/mol. The van der Waals surface area contributed by atoms with E-state index in [9.17, 15) is 13.2 Å². The number of aromatic nitrogens is 1. The van der Waals surface area contributed by atoms with Gasteiger partial charge in [0.1, 0.15) is 17.5 Å². The molecule has 0 aliphatic heterocycles. The Hall–Kier alpha value is -2.31. The number of H-pyrrole nitrogens is 1. The van der Waals surface area contributed by atoms with Crippen molar-refractivity contribution in [2.24, 2.45) is 0 Å². The molecule has 1 aromatic heterocycles. The third-order valence-corrected chi connectivity index (χ3v) is 5.58. The van der Waals surface area contributed by atoms with Crippen LogP contribution in [0.4, 0.5) is 5.69 Å². The Balaban J connectivity index is 2.54. The lowest BCUT2D eigenvalue weighted by molar-refractivity contribution is 0.417. The Kier molecular flexibility index (Phi) is 4.02. The van der Waals surface area contributed by atoms with Gasteiger partial charge in [0.05, 0.1) is 12.7 Å². The van der Waals surface area contributed by atoms with Gasteiger partial charge in [-0.15, -0.1) is 0 Å². The van der Waals surface area contributed by atoms with E-state index in [2.05, 4.69) is 9.71 Å². The van der Waals surface area contributed by atoms with E-state index in [1.54, 1.807) is 6.07 Å². The second-order valence-corrected chi connectivity index (χ2v) is 6.89. The molecule has 2 rings (SSSR count). The van der Waals surface area contributed by atoms with Gasteiger partial charge in [-0.25, -0.2) is 8.42 Å². The molecule has 2 aromatic rings. The summed E-state index contributed by atoms with van der Waals surface area (Å²) >= 11 is 0.582. The molecule has 0 saturated heterocycles. The fourth-order valence-corrected chi connectivity index (χ4v) is 4.12. The van der Waals surface area contributed by atoms with Crippen molar-refractivity contribution in [3.8, 4) is 11.8 Å². The van der Waals surface area contributed by atoms with Crippen molar-refractivity contribution in [2.75, 3.05) is 11.8 Å². The highest BCUT2D eigenvalue weighted by molar-refractivity contribution is 7.94. The summed E-state index contributed by atoms with van der Waals surface area (Å²) in [6.45, 7) is 1.49. The normalized spacial score (nSPS) is 10.9. The molecule has 0 spiro atoms. The summed E-state index contributed by atoms with van der Waals surface area (Å²) < 4.78 is 31.9. The SMILES string of the molecule is COc1cccc(C#N)c1NS(=O)(=O)c1sc(=O)[nH]c1C. The van der Waals surface area contributed by atoms with Gasteiger partial charge in [0, 0.05) is 5.69 Å². The number of hydrogen-bond acceptors (Lipinski definition) is 6. The Morgan fingerprint density at radius 2 is 2.14 bits per heavy atom. The fourth-order valence-electron chi connectivity index (χ4n) is 1.73. The van der Waals surface area contributed by atoms with Crippen LogP contribution in [0, 0.1) is 18.3 Å². The molecule has 0 amide bonds. The highest BCUT2D eigenvalue weighted by Gasteiger charge is 2.23. The Morgan fingerprint density at radius 3 is 2.67 bits per heavy atom. The molecule has 0 unspecified atom stereocenters. The van der Waals surface area contributed by atoms with Gasteiger partial charge in [0.2, 0.25) is 0 Å². The molecule has 0 atom stereocenters. The number of nitriles is 1. The van der Waals surface area contributed by atoms with Gasteiger partial charge in [0.15, 0.2) is 4.21 Å². The van der Waals surface area contributed by atoms with Crippen molar-refractivity contribution in [2.45, 2.75) is 11.1 Å². The molecule has 9 heteroatoms. The maximum Gasteiger partial charge on any atom is 0.306 e. The van der Waals surface area contributed by atoms with Crippen molar-refractivity contribution in [1.82, 2.24) is 4.98 Å². The van der Waals surface area contributed by atoms with Crippen LogP contribution in [0.2, 0.25) is 0 Å². The molecule has 0 aliphatic rings.